The Morgan fingerprint density at radius 1 is 1.16 bits per heavy atom. The summed E-state index contributed by atoms with van der Waals surface area (Å²) in [6.07, 6.45) is -1.23. The number of aliphatic imine (C=N–C) groups is 1. The third-order valence-corrected chi connectivity index (χ3v) is 9.25. The van der Waals surface area contributed by atoms with E-state index in [0.29, 0.717) is 10.2 Å². The summed E-state index contributed by atoms with van der Waals surface area (Å²) in [6, 6.07) is 10.4. The smallest absolute Gasteiger partial charge is 0.395 e. The molecular weight excluding hydrogens is 661 g/mol. The fraction of sp³-hybridized carbons (Fsp3) is 0.412. The quantitative estimate of drug-likeness (QED) is 0.184. The van der Waals surface area contributed by atoms with E-state index >= 15 is 0 Å². The van der Waals surface area contributed by atoms with Crippen LogP contribution in [0.25, 0.3) is 22.5 Å². The highest BCUT2D eigenvalue weighted by Gasteiger charge is 2.64. The van der Waals surface area contributed by atoms with E-state index in [1.165, 1.54) is 23.1 Å². The molecule has 2 aromatic heterocycles. The van der Waals surface area contributed by atoms with Gasteiger partial charge in [0.15, 0.2) is 17.3 Å². The topological polar surface area (TPSA) is 144 Å². The number of nitrogens with two attached hydrogens (primary N) is 1. The highest BCUT2D eigenvalue weighted by Crippen LogP contribution is 2.60. The molecule has 258 valence electrons. The first-order valence-electron chi connectivity index (χ1n) is 17.0. The summed E-state index contributed by atoms with van der Waals surface area (Å²) in [7, 11) is 0. The van der Waals surface area contributed by atoms with E-state index in [-0.39, 0.29) is 47.2 Å². The molecule has 0 bridgehead atoms. The van der Waals surface area contributed by atoms with Crippen molar-refractivity contribution in [2.75, 3.05) is 6.61 Å². The Labute approximate surface area is 289 Å². The molecule has 1 saturated carbocycles. The highest BCUT2D eigenvalue weighted by molar-refractivity contribution is 6.33. The van der Waals surface area contributed by atoms with Crippen LogP contribution in [-0.2, 0) is 26.8 Å². The molecule has 2 aliphatic rings. The van der Waals surface area contributed by atoms with Crippen LogP contribution in [0.1, 0.15) is 67.7 Å². The van der Waals surface area contributed by atoms with Crippen molar-refractivity contribution >= 4 is 29.4 Å². The van der Waals surface area contributed by atoms with E-state index in [1.807, 2.05) is 32.9 Å². The fourth-order valence-corrected chi connectivity index (χ4v) is 6.50. The molecule has 11 nitrogen and oxygen atoms in total. The number of amides is 1. The molecule has 1 amide bonds. The molecule has 0 saturated heterocycles. The van der Waals surface area contributed by atoms with Crippen LogP contribution in [0.2, 0.25) is 5.02 Å². The summed E-state index contributed by atoms with van der Waals surface area (Å²) in [4.78, 5) is 38.0. The molecule has 2 aromatic carbocycles. The minimum atomic E-state index is -4.59. The van der Waals surface area contributed by atoms with Crippen LogP contribution in [0.4, 0.5) is 13.2 Å². The molecule has 6 rings (SSSR count). The zero-order valence-corrected chi connectivity index (χ0v) is 27.6. The lowest BCUT2D eigenvalue weighted by molar-refractivity contribution is -0.195. The molecule has 1 fully saturated rings. The third kappa shape index (κ3) is 6.53. The van der Waals surface area contributed by atoms with Crippen molar-refractivity contribution in [1.82, 2.24) is 29.9 Å². The number of aromatic nitrogens is 5. The number of guanidine groups is 1. The van der Waals surface area contributed by atoms with E-state index < -0.39 is 60.5 Å². The number of halogens is 4. The number of carbonyl (C=O) groups excluding carboxylic acids is 2. The van der Waals surface area contributed by atoms with Crippen molar-refractivity contribution < 1.29 is 31.6 Å². The van der Waals surface area contributed by atoms with Crippen molar-refractivity contribution in [1.29, 1.82) is 0 Å². The van der Waals surface area contributed by atoms with Gasteiger partial charge >= 0.3 is 12.1 Å². The number of nitrogens with zero attached hydrogens (tertiary/aromatic N) is 6. The van der Waals surface area contributed by atoms with Gasteiger partial charge < -0.3 is 10.5 Å². The summed E-state index contributed by atoms with van der Waals surface area (Å²) in [5, 5.41) is 10.7. The number of hydrogen-bond donors (Lipinski definition) is 2. The Kier molecular flexibility index (Phi) is 7.62. The van der Waals surface area contributed by atoms with Gasteiger partial charge in [0.05, 0.1) is 29.1 Å². The largest absolute Gasteiger partial charge is 0.463 e. The molecule has 0 unspecified atom stereocenters. The Hall–Kier alpha value is -4.72. The predicted molar refractivity (Wildman–Crippen MR) is 176 cm³/mol. The number of aromatic amines is 1. The molecule has 2 atom stereocenters. The van der Waals surface area contributed by atoms with E-state index in [4.69, 9.17) is 31.2 Å². The van der Waals surface area contributed by atoms with Crippen LogP contribution in [0.15, 0.2) is 66.2 Å². The SMILES string of the molecule is [2H]C([2H])([2H])n1ncnc1-c1cc([C@@H](COC(=O)CC2(C(F)(F)F)CC2)N2C(=O)[C@@](CC(C)(C)C)(c3ccc(-c4cn[nH]c4)cc3)N=C2N)ccc1Cl. The van der Waals surface area contributed by atoms with Crippen molar-refractivity contribution in [2.24, 2.45) is 28.5 Å². The van der Waals surface area contributed by atoms with Gasteiger partial charge in [-0.15, -0.1) is 0 Å². The minimum absolute atomic E-state index is 0.0908. The standard InChI is InChI=1S/C34H36ClF3N8O3/c1-31(2,3)18-33(23-8-5-20(6-9-23)22-15-41-42-16-22)29(48)46(30(39)44-33)26(17-49-27(47)14-32(11-12-32)34(36,37)38)21-7-10-25(35)24(13-21)28-40-19-43-45(28)4/h5-10,13,15-16,19,26H,11-12,14,17-18H2,1-4H3,(H2,39,44)(H,41,42)/t26-,33-/m1/s1/i4D3. The van der Waals surface area contributed by atoms with Crippen LogP contribution in [-0.4, -0.2) is 60.5 Å². The number of benzene rings is 2. The first-order chi connectivity index (χ1) is 24.2. The molecule has 1 aliphatic carbocycles. The molecule has 15 heteroatoms. The monoisotopic (exact) mass is 699 g/mol. The number of esters is 1. The van der Waals surface area contributed by atoms with Gasteiger partial charge in [-0.25, -0.2) is 14.7 Å². The number of aryl methyl sites for hydroxylation is 1. The number of nitrogens with one attached hydrogen (secondary N) is 1. The number of H-pyrrole nitrogens is 1. The lowest BCUT2D eigenvalue weighted by Crippen LogP contribution is -2.47. The summed E-state index contributed by atoms with van der Waals surface area (Å²) in [5.41, 5.74) is 5.01. The van der Waals surface area contributed by atoms with Gasteiger partial charge in [0.25, 0.3) is 5.91 Å². The second-order valence-corrected chi connectivity index (χ2v) is 14.1. The first kappa shape index (κ1) is 30.3. The molecule has 49 heavy (non-hydrogen) atoms. The molecule has 3 N–H and O–H groups in total. The van der Waals surface area contributed by atoms with Gasteiger partial charge in [-0.2, -0.15) is 23.4 Å². The number of hydrogen-bond acceptors (Lipinski definition) is 8. The lowest BCUT2D eigenvalue weighted by atomic mass is 9.75. The maximum absolute atomic E-state index is 14.9. The van der Waals surface area contributed by atoms with E-state index in [1.54, 1.807) is 24.5 Å². The maximum Gasteiger partial charge on any atom is 0.395 e. The number of alkyl halides is 3. The molecule has 1 aliphatic heterocycles. The normalized spacial score (nSPS) is 20.7. The van der Waals surface area contributed by atoms with Crippen LogP contribution in [0.3, 0.4) is 0 Å². The Morgan fingerprint density at radius 3 is 2.51 bits per heavy atom. The molecular formula is C34H36ClF3N8O3. The van der Waals surface area contributed by atoms with E-state index in [9.17, 15) is 22.8 Å². The summed E-state index contributed by atoms with van der Waals surface area (Å²) in [5.74, 6) is -2.00. The van der Waals surface area contributed by atoms with Gasteiger partial charge in [-0.1, -0.05) is 62.7 Å². The van der Waals surface area contributed by atoms with Crippen LogP contribution < -0.4 is 5.73 Å². The second-order valence-electron chi connectivity index (χ2n) is 13.7. The van der Waals surface area contributed by atoms with Crippen molar-refractivity contribution in [2.45, 2.75) is 64.2 Å². The Balaban J connectivity index is 1.42. The molecule has 3 heterocycles. The lowest BCUT2D eigenvalue weighted by Gasteiger charge is -2.35. The van der Waals surface area contributed by atoms with Crippen molar-refractivity contribution in [3.63, 3.8) is 0 Å². The van der Waals surface area contributed by atoms with Crippen LogP contribution in [0.5, 0.6) is 0 Å². The van der Waals surface area contributed by atoms with Gasteiger partial charge in [0.2, 0.25) is 0 Å². The highest BCUT2D eigenvalue weighted by atomic mass is 35.5. The maximum atomic E-state index is 14.9. The van der Waals surface area contributed by atoms with Gasteiger partial charge in [-0.05, 0) is 53.5 Å². The predicted octanol–water partition coefficient (Wildman–Crippen LogP) is 6.33. The van der Waals surface area contributed by atoms with Gasteiger partial charge in [-0.3, -0.25) is 19.6 Å². The minimum Gasteiger partial charge on any atom is -0.463 e. The third-order valence-electron chi connectivity index (χ3n) is 8.92. The van der Waals surface area contributed by atoms with E-state index in [0.717, 1.165) is 17.5 Å². The zero-order valence-electron chi connectivity index (χ0n) is 29.9. The van der Waals surface area contributed by atoms with Crippen LogP contribution >= 0.6 is 11.6 Å². The first-order valence-corrected chi connectivity index (χ1v) is 15.8. The molecule has 4 aromatic rings. The average Bonchev–Trinajstić information content (AvgIpc) is 3.38. The van der Waals surface area contributed by atoms with Crippen molar-refractivity contribution in [3.8, 4) is 22.5 Å². The summed E-state index contributed by atoms with van der Waals surface area (Å²) in [6.45, 7) is 2.50. The number of carbonyl (C=O) groups is 2. The zero-order chi connectivity index (χ0) is 37.9. The van der Waals surface area contributed by atoms with E-state index in [2.05, 4.69) is 20.3 Å². The Morgan fingerprint density at radius 2 is 1.90 bits per heavy atom. The summed E-state index contributed by atoms with van der Waals surface area (Å²) >= 11 is 6.54. The van der Waals surface area contributed by atoms with Crippen molar-refractivity contribution in [3.05, 3.63) is 77.3 Å². The van der Waals surface area contributed by atoms with Crippen LogP contribution in [0, 0.1) is 10.8 Å². The average molecular weight is 700 g/mol. The van der Waals surface area contributed by atoms with Gasteiger partial charge in [0.1, 0.15) is 12.9 Å². The molecule has 0 spiro atoms. The van der Waals surface area contributed by atoms with Gasteiger partial charge in [0, 0.05) is 28.4 Å². The number of rotatable bonds is 10. The molecule has 0 radical (unpaired) electrons. The second kappa shape index (κ2) is 12.3. The fourth-order valence-electron chi connectivity index (χ4n) is 6.30. The summed E-state index contributed by atoms with van der Waals surface area (Å²) < 4.78 is 71.0. The number of ether oxygens (including phenoxy) is 1. The Bertz CT molecular complexity index is 2010.